The molecular weight excluding hydrogens is 376 g/mol. The number of nitrogens with zero attached hydrogens (tertiary/aromatic N) is 3. The highest BCUT2D eigenvalue weighted by Gasteiger charge is 2.22. The lowest BCUT2D eigenvalue weighted by Gasteiger charge is -2.04. The zero-order valence-electron chi connectivity index (χ0n) is 14.1. The van der Waals surface area contributed by atoms with Crippen molar-refractivity contribution in [3.05, 3.63) is 62.2 Å². The molecule has 0 saturated carbocycles. The van der Waals surface area contributed by atoms with Crippen LogP contribution < -0.4 is 19.6 Å². The van der Waals surface area contributed by atoms with Gasteiger partial charge in [0, 0.05) is 6.07 Å². The number of non-ortho nitro benzene ring substituents is 1. The van der Waals surface area contributed by atoms with E-state index in [0.29, 0.717) is 5.75 Å². The molecule has 0 fully saturated rings. The van der Waals surface area contributed by atoms with Gasteiger partial charge in [0.05, 0.1) is 33.8 Å². The molecule has 0 bridgehead atoms. The van der Waals surface area contributed by atoms with Crippen LogP contribution in [0.2, 0.25) is 0 Å². The number of nitrogens with one attached hydrogen (secondary N) is 1. The molecule has 2 aromatic rings. The number of nitro groups is 2. The molecule has 28 heavy (non-hydrogen) atoms. The quantitative estimate of drug-likeness (QED) is 0.427. The van der Waals surface area contributed by atoms with Crippen molar-refractivity contribution in [3.63, 3.8) is 0 Å². The van der Waals surface area contributed by atoms with Crippen LogP contribution in [0, 0.1) is 20.2 Å². The summed E-state index contributed by atoms with van der Waals surface area (Å²) >= 11 is 0. The van der Waals surface area contributed by atoms with E-state index in [9.17, 15) is 25.0 Å². The highest BCUT2D eigenvalue weighted by atomic mass is 16.7. The number of benzene rings is 2. The van der Waals surface area contributed by atoms with Crippen molar-refractivity contribution in [3.8, 4) is 17.2 Å². The molecular formula is C16H12N4O8. The van der Waals surface area contributed by atoms with Crippen LogP contribution in [0.4, 0.5) is 11.4 Å². The lowest BCUT2D eigenvalue weighted by atomic mass is 10.1. The number of ether oxygens (including phenoxy) is 3. The zero-order valence-corrected chi connectivity index (χ0v) is 14.1. The molecule has 1 aliphatic heterocycles. The SMILES string of the molecule is O=C(COc1cccc([N+](=O)[O-])c1)N/N=C/c1cc2c(cc1[N+](=O)[O-])OCO2. The standard InChI is InChI=1S/C16H12N4O8/c21-16(8-26-12-3-1-2-11(5-12)19(22)23)18-17-7-10-4-14-15(28-9-27-14)6-13(10)20(24)25/h1-7H,8-9H2,(H,18,21)/b17-7+. The Morgan fingerprint density at radius 3 is 2.64 bits per heavy atom. The van der Waals surface area contributed by atoms with Gasteiger partial charge in [-0.25, -0.2) is 5.43 Å². The van der Waals surface area contributed by atoms with Crippen LogP contribution in [0.25, 0.3) is 0 Å². The maximum Gasteiger partial charge on any atom is 0.282 e. The van der Waals surface area contributed by atoms with Crippen molar-refractivity contribution in [1.82, 2.24) is 5.43 Å². The molecule has 0 spiro atoms. The molecule has 0 unspecified atom stereocenters. The largest absolute Gasteiger partial charge is 0.483 e. The third-order valence-electron chi connectivity index (χ3n) is 3.51. The first kappa shape index (κ1) is 18.6. The van der Waals surface area contributed by atoms with Crippen molar-refractivity contribution in [2.75, 3.05) is 13.4 Å². The number of carbonyl (C=O) groups excluding carboxylic acids is 1. The van der Waals surface area contributed by atoms with E-state index >= 15 is 0 Å². The molecule has 0 radical (unpaired) electrons. The van der Waals surface area contributed by atoms with Gasteiger partial charge in [0.2, 0.25) is 6.79 Å². The van der Waals surface area contributed by atoms with Crippen LogP contribution in [0.5, 0.6) is 17.2 Å². The molecule has 1 aliphatic rings. The van der Waals surface area contributed by atoms with Crippen LogP contribution in [0.15, 0.2) is 41.5 Å². The lowest BCUT2D eigenvalue weighted by molar-refractivity contribution is -0.385. The Kier molecular flexibility index (Phi) is 5.30. The molecule has 12 heteroatoms. The van der Waals surface area contributed by atoms with Gasteiger partial charge in [-0.15, -0.1) is 0 Å². The van der Waals surface area contributed by atoms with Crippen molar-refractivity contribution in [2.24, 2.45) is 5.10 Å². The number of fused-ring (bicyclic) bond motifs is 1. The number of rotatable bonds is 7. The summed E-state index contributed by atoms with van der Waals surface area (Å²) in [5.74, 6) is 0.0523. The van der Waals surface area contributed by atoms with Crippen molar-refractivity contribution in [1.29, 1.82) is 0 Å². The van der Waals surface area contributed by atoms with Crippen LogP contribution in [-0.2, 0) is 4.79 Å². The van der Waals surface area contributed by atoms with Gasteiger partial charge in [0.15, 0.2) is 18.1 Å². The topological polar surface area (TPSA) is 155 Å². The van der Waals surface area contributed by atoms with Gasteiger partial charge in [-0.05, 0) is 12.1 Å². The fraction of sp³-hybridized carbons (Fsp3) is 0.125. The fourth-order valence-electron chi connectivity index (χ4n) is 2.25. The summed E-state index contributed by atoms with van der Waals surface area (Å²) in [4.78, 5) is 32.4. The first-order valence-corrected chi connectivity index (χ1v) is 7.71. The molecule has 0 aromatic heterocycles. The molecule has 144 valence electrons. The Balaban J connectivity index is 1.60. The third-order valence-corrected chi connectivity index (χ3v) is 3.51. The molecule has 1 amide bonds. The summed E-state index contributed by atoms with van der Waals surface area (Å²) in [5, 5.41) is 25.5. The van der Waals surface area contributed by atoms with E-state index in [4.69, 9.17) is 14.2 Å². The summed E-state index contributed by atoms with van der Waals surface area (Å²) in [7, 11) is 0. The summed E-state index contributed by atoms with van der Waals surface area (Å²) in [5.41, 5.74) is 1.81. The third kappa shape index (κ3) is 4.30. The van der Waals surface area contributed by atoms with Gasteiger partial charge >= 0.3 is 0 Å². The highest BCUT2D eigenvalue weighted by Crippen LogP contribution is 2.37. The maximum atomic E-state index is 11.8. The predicted molar refractivity (Wildman–Crippen MR) is 93.5 cm³/mol. The minimum Gasteiger partial charge on any atom is -0.483 e. The Morgan fingerprint density at radius 1 is 1.18 bits per heavy atom. The van der Waals surface area contributed by atoms with E-state index in [1.54, 1.807) is 0 Å². The number of hydrogen-bond donors (Lipinski definition) is 1. The van der Waals surface area contributed by atoms with Gasteiger partial charge in [0.25, 0.3) is 17.3 Å². The maximum absolute atomic E-state index is 11.8. The second-order valence-corrected chi connectivity index (χ2v) is 5.36. The number of hydrazone groups is 1. The average Bonchev–Trinajstić information content (AvgIpc) is 3.13. The summed E-state index contributed by atoms with van der Waals surface area (Å²) in [6, 6.07) is 7.91. The average molecular weight is 388 g/mol. The van der Waals surface area contributed by atoms with E-state index in [0.717, 1.165) is 6.21 Å². The van der Waals surface area contributed by atoms with E-state index < -0.39 is 22.4 Å². The smallest absolute Gasteiger partial charge is 0.282 e. The van der Waals surface area contributed by atoms with E-state index in [2.05, 4.69) is 10.5 Å². The van der Waals surface area contributed by atoms with Gasteiger partial charge in [-0.2, -0.15) is 5.10 Å². The molecule has 0 aliphatic carbocycles. The van der Waals surface area contributed by atoms with Gasteiger partial charge in [0.1, 0.15) is 5.75 Å². The number of hydrogen-bond acceptors (Lipinski definition) is 9. The molecule has 3 rings (SSSR count). The molecule has 0 saturated heterocycles. The summed E-state index contributed by atoms with van der Waals surface area (Å²) in [6.07, 6.45) is 1.09. The van der Waals surface area contributed by atoms with Crippen molar-refractivity contribution >= 4 is 23.5 Å². The first-order valence-electron chi connectivity index (χ1n) is 7.71. The normalized spacial score (nSPS) is 12.0. The predicted octanol–water partition coefficient (Wildman–Crippen LogP) is 1.76. The second-order valence-electron chi connectivity index (χ2n) is 5.36. The number of nitro benzene ring substituents is 2. The van der Waals surface area contributed by atoms with Crippen LogP contribution in [0.3, 0.4) is 0 Å². The van der Waals surface area contributed by atoms with E-state index in [-0.39, 0.29) is 35.2 Å². The summed E-state index contributed by atoms with van der Waals surface area (Å²) in [6.45, 7) is -0.499. The number of amides is 1. The highest BCUT2D eigenvalue weighted by molar-refractivity contribution is 5.88. The Hall–Kier alpha value is -4.22. The zero-order chi connectivity index (χ0) is 20.1. The molecule has 12 nitrogen and oxygen atoms in total. The first-order chi connectivity index (χ1) is 13.4. The molecule has 1 heterocycles. The number of carbonyl (C=O) groups is 1. The molecule has 1 N–H and O–H groups in total. The van der Waals surface area contributed by atoms with Crippen LogP contribution in [0.1, 0.15) is 5.56 Å². The minimum atomic E-state index is -0.661. The van der Waals surface area contributed by atoms with Crippen molar-refractivity contribution < 1.29 is 28.9 Å². The Bertz CT molecular complexity index is 975. The summed E-state index contributed by atoms with van der Waals surface area (Å²) < 4.78 is 15.4. The van der Waals surface area contributed by atoms with Gasteiger partial charge < -0.3 is 14.2 Å². The van der Waals surface area contributed by atoms with E-state index in [1.165, 1.54) is 36.4 Å². The molecule has 2 aromatic carbocycles. The lowest BCUT2D eigenvalue weighted by Crippen LogP contribution is -2.24. The monoisotopic (exact) mass is 388 g/mol. The Morgan fingerprint density at radius 2 is 1.93 bits per heavy atom. The van der Waals surface area contributed by atoms with Crippen LogP contribution >= 0.6 is 0 Å². The van der Waals surface area contributed by atoms with Gasteiger partial charge in [-0.1, -0.05) is 6.07 Å². The minimum absolute atomic E-state index is 0.0429. The van der Waals surface area contributed by atoms with Crippen molar-refractivity contribution in [2.45, 2.75) is 0 Å². The second kappa shape index (κ2) is 7.99. The van der Waals surface area contributed by atoms with Crippen LogP contribution in [-0.4, -0.2) is 35.4 Å². The van der Waals surface area contributed by atoms with Gasteiger partial charge in [-0.3, -0.25) is 25.0 Å². The Labute approximate surface area is 156 Å². The molecule has 0 atom stereocenters. The fourth-order valence-corrected chi connectivity index (χ4v) is 2.25. The van der Waals surface area contributed by atoms with E-state index in [1.807, 2.05) is 0 Å².